The zero-order chi connectivity index (χ0) is 12.8. The third kappa shape index (κ3) is 4.18. The normalized spacial score (nSPS) is 9.94. The number of hydrogen-bond donors (Lipinski definition) is 1. The number of carbonyl (C=O) groups excluding carboxylic acids is 1. The Labute approximate surface area is 118 Å². The summed E-state index contributed by atoms with van der Waals surface area (Å²) in [6.45, 7) is 2.19. The summed E-state index contributed by atoms with van der Waals surface area (Å²) in [6, 6.07) is 4.04. The molecule has 0 saturated heterocycles. The van der Waals surface area contributed by atoms with Crippen molar-refractivity contribution in [2.45, 2.75) is 13.3 Å². The molecule has 1 aromatic carbocycles. The Morgan fingerprint density at radius 2 is 1.88 bits per heavy atom. The molecule has 1 aromatic rings. The van der Waals surface area contributed by atoms with E-state index in [0.717, 1.165) is 17.9 Å². The molecule has 0 heterocycles. The molecule has 0 fully saturated rings. The topological polar surface area (TPSA) is 47.6 Å². The van der Waals surface area contributed by atoms with E-state index in [1.807, 2.05) is 12.1 Å². The van der Waals surface area contributed by atoms with Gasteiger partial charge in [-0.1, -0.05) is 0 Å². The number of carbonyl (C=O) groups is 1. The summed E-state index contributed by atoms with van der Waals surface area (Å²) in [5.41, 5.74) is 1.24. The summed E-state index contributed by atoms with van der Waals surface area (Å²) in [7, 11) is 3.27. The molecule has 89 valence electrons. The van der Waals surface area contributed by atoms with Crippen molar-refractivity contribution in [1.82, 2.24) is 5.32 Å². The van der Waals surface area contributed by atoms with Crippen molar-refractivity contribution in [3.8, 4) is 11.5 Å². The number of hydrogen-bond acceptors (Lipinski definition) is 3. The van der Waals surface area contributed by atoms with Crippen molar-refractivity contribution in [3.63, 3.8) is 0 Å². The molecule has 1 rings (SSSR count). The van der Waals surface area contributed by atoms with E-state index in [4.69, 9.17) is 9.47 Å². The number of rotatable bonds is 5. The summed E-state index contributed by atoms with van der Waals surface area (Å²) >= 11 is 0.514. The first-order chi connectivity index (χ1) is 8.08. The summed E-state index contributed by atoms with van der Waals surface area (Å²) in [4.78, 5) is 10.8. The molecule has 1 N–H and O–H groups in total. The Morgan fingerprint density at radius 3 is 2.41 bits per heavy atom. The van der Waals surface area contributed by atoms with Gasteiger partial charge in [0.15, 0.2) is 0 Å². The van der Waals surface area contributed by atoms with Gasteiger partial charge in [0.1, 0.15) is 0 Å². The monoisotopic (exact) mass is 424 g/mol. The van der Waals surface area contributed by atoms with Crippen molar-refractivity contribution in [2.75, 3.05) is 20.8 Å². The van der Waals surface area contributed by atoms with Crippen LogP contribution < -0.4 is 17.9 Å². The molecule has 0 aliphatic rings. The summed E-state index contributed by atoms with van der Waals surface area (Å²) in [5, 5.41) is 2.80. The molecule has 0 saturated carbocycles. The second-order valence-electron chi connectivity index (χ2n) is 3.71. The van der Waals surface area contributed by atoms with E-state index in [-0.39, 0.29) is 5.91 Å². The predicted octanol–water partition coefficient (Wildman–Crippen LogP) is 0.554. The Kier molecular flexibility index (Phi) is 5.75. The van der Waals surface area contributed by atoms with Gasteiger partial charge in [0.25, 0.3) is 0 Å². The first kappa shape index (κ1) is 14.3. The third-order valence-electron chi connectivity index (χ3n) is 2.47. The zero-order valence-corrected chi connectivity index (χ0v) is 16.0. The predicted molar refractivity (Wildman–Crippen MR) is 61.6 cm³/mol. The van der Waals surface area contributed by atoms with Crippen LogP contribution in [0.25, 0.3) is 0 Å². The maximum absolute atomic E-state index is 10.8. The first-order valence-corrected chi connectivity index (χ1v) is 8.14. The van der Waals surface area contributed by atoms with E-state index < -0.39 is 0 Å². The van der Waals surface area contributed by atoms with Gasteiger partial charge in [-0.2, -0.15) is 0 Å². The van der Waals surface area contributed by atoms with E-state index in [0.29, 0.717) is 32.7 Å². The molecule has 1 amide bonds. The molecule has 5 heteroatoms. The molecular formula is C12H16HgNO3. The van der Waals surface area contributed by atoms with Crippen molar-refractivity contribution in [1.29, 1.82) is 0 Å². The van der Waals surface area contributed by atoms with Crippen LogP contribution in [0.2, 0.25) is 0 Å². The quantitative estimate of drug-likeness (QED) is 0.705. The molecule has 0 aromatic heterocycles. The van der Waals surface area contributed by atoms with Crippen LogP contribution in [-0.2, 0) is 37.3 Å². The molecule has 0 spiro atoms. The van der Waals surface area contributed by atoms with Crippen LogP contribution in [0, 0.1) is 0 Å². The van der Waals surface area contributed by atoms with Gasteiger partial charge in [0.2, 0.25) is 0 Å². The summed E-state index contributed by atoms with van der Waals surface area (Å²) in [5.74, 6) is 1.53. The van der Waals surface area contributed by atoms with E-state index >= 15 is 0 Å². The van der Waals surface area contributed by atoms with Gasteiger partial charge < -0.3 is 0 Å². The van der Waals surface area contributed by atoms with Crippen molar-refractivity contribution >= 4 is 8.98 Å². The molecule has 0 aliphatic carbocycles. The number of benzene rings is 1. The van der Waals surface area contributed by atoms with Crippen molar-refractivity contribution < 1.29 is 40.4 Å². The number of amides is 1. The van der Waals surface area contributed by atoms with E-state index in [9.17, 15) is 4.79 Å². The number of ether oxygens (including phenoxy) is 2. The van der Waals surface area contributed by atoms with Gasteiger partial charge in [-0.25, -0.2) is 0 Å². The minimum absolute atomic E-state index is 0.00488. The van der Waals surface area contributed by atoms with Gasteiger partial charge in [0, 0.05) is 0 Å². The van der Waals surface area contributed by atoms with Crippen LogP contribution in [-0.4, -0.2) is 26.7 Å². The van der Waals surface area contributed by atoms with E-state index in [1.165, 1.54) is 15.6 Å². The Balaban J connectivity index is 2.81. The van der Waals surface area contributed by atoms with Crippen LogP contribution in [0.5, 0.6) is 11.5 Å². The first-order valence-electron chi connectivity index (χ1n) is 5.39. The molecule has 17 heavy (non-hydrogen) atoms. The number of nitrogens with one attached hydrogen (secondary N) is 1. The Hall–Kier alpha value is -0.775. The molecule has 0 aliphatic heterocycles. The Bertz CT molecular complexity index is 407. The summed E-state index contributed by atoms with van der Waals surface area (Å²) < 4.78 is 11.8. The van der Waals surface area contributed by atoms with E-state index in [1.54, 1.807) is 14.2 Å². The average molecular weight is 423 g/mol. The van der Waals surface area contributed by atoms with Crippen molar-refractivity contribution in [3.05, 3.63) is 17.7 Å². The molecule has 0 atom stereocenters. The van der Waals surface area contributed by atoms with E-state index in [2.05, 4.69) is 5.32 Å². The van der Waals surface area contributed by atoms with Crippen LogP contribution in [0.4, 0.5) is 0 Å². The molecule has 0 radical (unpaired) electrons. The van der Waals surface area contributed by atoms with Gasteiger partial charge in [-0.3, -0.25) is 0 Å². The standard InChI is InChI=1S/C12H16NO3.Hg/c1-9(14)13-7-6-10-4-5-11(15-2)12(8-10)16-3;/h5,8H,6-7H2,1-3H3,(H,13,14);. The van der Waals surface area contributed by atoms with Crippen LogP contribution >= 0.6 is 0 Å². The summed E-state index contributed by atoms with van der Waals surface area (Å²) in [6.07, 6.45) is 0.832. The van der Waals surface area contributed by atoms with Crippen LogP contribution in [0.1, 0.15) is 12.5 Å². The fourth-order valence-corrected chi connectivity index (χ4v) is 3.37. The van der Waals surface area contributed by atoms with Crippen LogP contribution in [0.15, 0.2) is 12.1 Å². The molecule has 0 unspecified atom stereocenters. The second-order valence-corrected chi connectivity index (χ2v) is 6.67. The molecule has 0 bridgehead atoms. The zero-order valence-electron chi connectivity index (χ0n) is 10.5. The maximum atomic E-state index is 10.8. The van der Waals surface area contributed by atoms with Crippen LogP contribution in [0.3, 0.4) is 0 Å². The van der Waals surface area contributed by atoms with Gasteiger partial charge in [-0.15, -0.1) is 0 Å². The van der Waals surface area contributed by atoms with Gasteiger partial charge in [-0.05, 0) is 0 Å². The van der Waals surface area contributed by atoms with Gasteiger partial charge in [0.05, 0.1) is 0 Å². The number of methoxy groups -OCH3 is 2. The minimum atomic E-state index is 0.00488. The second kappa shape index (κ2) is 6.84. The third-order valence-corrected chi connectivity index (χ3v) is 5.03. The average Bonchev–Trinajstić information content (AvgIpc) is 2.30. The molecule has 4 nitrogen and oxygen atoms in total. The van der Waals surface area contributed by atoms with Crippen molar-refractivity contribution in [2.24, 2.45) is 0 Å². The fourth-order valence-electron chi connectivity index (χ4n) is 1.57. The van der Waals surface area contributed by atoms with Gasteiger partial charge >= 0.3 is 118 Å². The fraction of sp³-hybridized carbons (Fsp3) is 0.417. The Morgan fingerprint density at radius 1 is 1.29 bits per heavy atom. The molecular weight excluding hydrogens is 407 g/mol. The SMILES string of the molecule is COc1c[c]([Hg])c(CCNC(C)=O)cc1OC.